The first-order valence-corrected chi connectivity index (χ1v) is 6.13. The maximum atomic E-state index is 12.1. The zero-order valence-corrected chi connectivity index (χ0v) is 11.1. The van der Waals surface area contributed by atoms with E-state index in [1.165, 1.54) is 0 Å². The van der Waals surface area contributed by atoms with E-state index in [0.29, 0.717) is 22.5 Å². The summed E-state index contributed by atoms with van der Waals surface area (Å²) in [4.78, 5) is 22.8. The molecule has 0 saturated heterocycles. The first kappa shape index (κ1) is 14.2. The highest BCUT2D eigenvalue weighted by Crippen LogP contribution is 2.13. The molecule has 2 rings (SSSR count). The first-order chi connectivity index (χ1) is 10.1. The first-order valence-electron chi connectivity index (χ1n) is 6.13. The standard InChI is InChI=1S/C16H13N3O2/c1-2-11-4-3-5-14(10-11)18-15(20)12-6-8-13(9-7-12)19-16(17)21/h1,3-10H,(H,18,20)(H3,17,19,21). The molecule has 0 spiro atoms. The van der Waals surface area contributed by atoms with Crippen molar-refractivity contribution < 1.29 is 9.59 Å². The number of anilines is 2. The zero-order valence-electron chi connectivity index (χ0n) is 11.1. The fourth-order valence-electron chi connectivity index (χ4n) is 1.74. The van der Waals surface area contributed by atoms with Crippen LogP contribution in [0.25, 0.3) is 0 Å². The van der Waals surface area contributed by atoms with Gasteiger partial charge in [0.2, 0.25) is 0 Å². The molecule has 5 heteroatoms. The van der Waals surface area contributed by atoms with Crippen molar-refractivity contribution >= 4 is 23.3 Å². The number of carbonyl (C=O) groups is 2. The Kier molecular flexibility index (Phi) is 4.22. The van der Waals surface area contributed by atoms with Gasteiger partial charge < -0.3 is 16.4 Å². The molecule has 0 unspecified atom stereocenters. The van der Waals surface area contributed by atoms with Crippen LogP contribution in [0.1, 0.15) is 15.9 Å². The number of hydrogen-bond acceptors (Lipinski definition) is 2. The average molecular weight is 279 g/mol. The Morgan fingerprint density at radius 1 is 1.00 bits per heavy atom. The summed E-state index contributed by atoms with van der Waals surface area (Å²) in [5.74, 6) is 2.23. The molecule has 0 aliphatic heterocycles. The summed E-state index contributed by atoms with van der Waals surface area (Å²) in [6, 6.07) is 12.7. The van der Waals surface area contributed by atoms with Gasteiger partial charge in [-0.25, -0.2) is 4.79 Å². The Labute approximate surface area is 122 Å². The molecule has 0 aliphatic carbocycles. The van der Waals surface area contributed by atoms with Crippen LogP contribution in [0.2, 0.25) is 0 Å². The molecule has 0 heterocycles. The highest BCUT2D eigenvalue weighted by Gasteiger charge is 2.06. The second-order valence-corrected chi connectivity index (χ2v) is 4.25. The van der Waals surface area contributed by atoms with Gasteiger partial charge in [-0.05, 0) is 42.5 Å². The van der Waals surface area contributed by atoms with Crippen molar-refractivity contribution in [2.75, 3.05) is 10.6 Å². The van der Waals surface area contributed by atoms with E-state index in [9.17, 15) is 9.59 Å². The molecule has 0 aromatic heterocycles. The fraction of sp³-hybridized carbons (Fsp3) is 0. The van der Waals surface area contributed by atoms with Crippen LogP contribution in [-0.4, -0.2) is 11.9 Å². The van der Waals surface area contributed by atoms with E-state index in [0.717, 1.165) is 0 Å². The Balaban J connectivity index is 2.09. The molecule has 0 atom stereocenters. The van der Waals surface area contributed by atoms with Crippen molar-refractivity contribution in [1.82, 2.24) is 0 Å². The van der Waals surface area contributed by atoms with Crippen molar-refractivity contribution in [3.8, 4) is 12.3 Å². The van der Waals surface area contributed by atoms with Gasteiger partial charge in [-0.15, -0.1) is 6.42 Å². The Bertz CT molecular complexity index is 715. The third kappa shape index (κ3) is 3.85. The highest BCUT2D eigenvalue weighted by molar-refractivity contribution is 6.04. The van der Waals surface area contributed by atoms with Gasteiger partial charge in [0.25, 0.3) is 5.91 Å². The number of amides is 3. The number of benzene rings is 2. The minimum Gasteiger partial charge on any atom is -0.351 e. The average Bonchev–Trinajstić information content (AvgIpc) is 2.47. The van der Waals surface area contributed by atoms with E-state index in [1.54, 1.807) is 48.5 Å². The molecular weight excluding hydrogens is 266 g/mol. The van der Waals surface area contributed by atoms with E-state index in [4.69, 9.17) is 12.2 Å². The lowest BCUT2D eigenvalue weighted by Crippen LogP contribution is -2.19. The number of terminal acetylenes is 1. The van der Waals surface area contributed by atoms with Gasteiger partial charge in [0.05, 0.1) is 0 Å². The van der Waals surface area contributed by atoms with Crippen LogP contribution in [-0.2, 0) is 0 Å². The number of carbonyl (C=O) groups excluding carboxylic acids is 2. The topological polar surface area (TPSA) is 84.2 Å². The third-order valence-corrected chi connectivity index (χ3v) is 2.70. The molecule has 2 aromatic rings. The molecule has 3 amide bonds. The monoisotopic (exact) mass is 279 g/mol. The van der Waals surface area contributed by atoms with Crippen LogP contribution in [0.15, 0.2) is 48.5 Å². The van der Waals surface area contributed by atoms with Gasteiger partial charge in [-0.1, -0.05) is 12.0 Å². The van der Waals surface area contributed by atoms with Crippen LogP contribution in [0, 0.1) is 12.3 Å². The summed E-state index contributed by atoms with van der Waals surface area (Å²) in [5.41, 5.74) is 7.29. The van der Waals surface area contributed by atoms with Crippen LogP contribution in [0.5, 0.6) is 0 Å². The zero-order chi connectivity index (χ0) is 15.2. The van der Waals surface area contributed by atoms with Crippen LogP contribution in [0.4, 0.5) is 16.2 Å². The van der Waals surface area contributed by atoms with Gasteiger partial charge in [-0.3, -0.25) is 4.79 Å². The Hall–Kier alpha value is -3.26. The molecule has 0 radical (unpaired) electrons. The number of urea groups is 1. The molecule has 2 aromatic carbocycles. The van der Waals surface area contributed by atoms with E-state index in [2.05, 4.69) is 16.6 Å². The van der Waals surface area contributed by atoms with Crippen LogP contribution in [0.3, 0.4) is 0 Å². The Morgan fingerprint density at radius 2 is 1.71 bits per heavy atom. The molecule has 4 N–H and O–H groups in total. The molecule has 0 saturated carbocycles. The van der Waals surface area contributed by atoms with Crippen molar-refractivity contribution in [1.29, 1.82) is 0 Å². The quantitative estimate of drug-likeness (QED) is 0.754. The maximum Gasteiger partial charge on any atom is 0.316 e. The van der Waals surface area contributed by atoms with Gasteiger partial charge in [-0.2, -0.15) is 0 Å². The number of rotatable bonds is 3. The summed E-state index contributed by atoms with van der Waals surface area (Å²) >= 11 is 0. The lowest BCUT2D eigenvalue weighted by molar-refractivity contribution is 0.102. The van der Waals surface area contributed by atoms with Crippen LogP contribution >= 0.6 is 0 Å². The predicted octanol–water partition coefficient (Wildman–Crippen LogP) is 2.41. The molecular formula is C16H13N3O2. The van der Waals surface area contributed by atoms with E-state index in [1.807, 2.05) is 0 Å². The lowest BCUT2D eigenvalue weighted by atomic mass is 10.1. The summed E-state index contributed by atoms with van der Waals surface area (Å²) in [5, 5.41) is 5.17. The predicted molar refractivity (Wildman–Crippen MR) is 82.0 cm³/mol. The molecule has 21 heavy (non-hydrogen) atoms. The normalized spacial score (nSPS) is 9.48. The summed E-state index contributed by atoms with van der Waals surface area (Å²) < 4.78 is 0. The molecule has 0 bridgehead atoms. The lowest BCUT2D eigenvalue weighted by Gasteiger charge is -2.07. The van der Waals surface area contributed by atoms with Gasteiger partial charge in [0.15, 0.2) is 0 Å². The third-order valence-electron chi connectivity index (χ3n) is 2.70. The number of nitrogens with two attached hydrogens (primary N) is 1. The van der Waals surface area contributed by atoms with Crippen molar-refractivity contribution in [2.45, 2.75) is 0 Å². The molecule has 0 fully saturated rings. The number of hydrogen-bond donors (Lipinski definition) is 3. The SMILES string of the molecule is C#Cc1cccc(NC(=O)c2ccc(NC(N)=O)cc2)c1. The minimum atomic E-state index is -0.654. The van der Waals surface area contributed by atoms with Gasteiger partial charge in [0.1, 0.15) is 0 Å². The van der Waals surface area contributed by atoms with E-state index < -0.39 is 6.03 Å². The van der Waals surface area contributed by atoms with Crippen LogP contribution < -0.4 is 16.4 Å². The molecule has 5 nitrogen and oxygen atoms in total. The summed E-state index contributed by atoms with van der Waals surface area (Å²) in [6.07, 6.45) is 5.31. The second kappa shape index (κ2) is 6.26. The van der Waals surface area contributed by atoms with Gasteiger partial charge >= 0.3 is 6.03 Å². The maximum absolute atomic E-state index is 12.1. The Morgan fingerprint density at radius 3 is 2.33 bits per heavy atom. The summed E-state index contributed by atoms with van der Waals surface area (Å²) in [7, 11) is 0. The smallest absolute Gasteiger partial charge is 0.316 e. The van der Waals surface area contributed by atoms with Crippen molar-refractivity contribution in [3.05, 3.63) is 59.7 Å². The summed E-state index contributed by atoms with van der Waals surface area (Å²) in [6.45, 7) is 0. The number of nitrogens with one attached hydrogen (secondary N) is 2. The van der Waals surface area contributed by atoms with E-state index >= 15 is 0 Å². The van der Waals surface area contributed by atoms with E-state index in [-0.39, 0.29) is 5.91 Å². The second-order valence-electron chi connectivity index (χ2n) is 4.25. The van der Waals surface area contributed by atoms with Gasteiger partial charge in [0, 0.05) is 22.5 Å². The molecule has 104 valence electrons. The largest absolute Gasteiger partial charge is 0.351 e. The fourth-order valence-corrected chi connectivity index (χ4v) is 1.74. The highest BCUT2D eigenvalue weighted by atomic mass is 16.2. The van der Waals surface area contributed by atoms with Crippen molar-refractivity contribution in [2.24, 2.45) is 5.73 Å². The number of primary amides is 1. The van der Waals surface area contributed by atoms with Crippen molar-refractivity contribution in [3.63, 3.8) is 0 Å². The minimum absolute atomic E-state index is 0.269. The molecule has 0 aliphatic rings.